The number of amidine groups is 1. The molecule has 2 N–H and O–H groups in total. The quantitative estimate of drug-likeness (QED) is 0.879. The van der Waals surface area contributed by atoms with E-state index in [-0.39, 0.29) is 11.0 Å². The first-order chi connectivity index (χ1) is 11.0. The minimum atomic E-state index is -0.368. The van der Waals surface area contributed by atoms with Crippen molar-refractivity contribution in [3.05, 3.63) is 48.0 Å². The van der Waals surface area contributed by atoms with Gasteiger partial charge in [0.1, 0.15) is 18.5 Å². The molecule has 0 unspecified atom stereocenters. The smallest absolute Gasteiger partial charge is 0.283 e. The number of hydrogen-bond acceptors (Lipinski definition) is 5. The molecular formula is C18H20N4O. The fourth-order valence-electron chi connectivity index (χ4n) is 3.95. The van der Waals surface area contributed by atoms with E-state index in [9.17, 15) is 0 Å². The molecule has 0 radical (unpaired) electrons. The molecule has 1 aromatic heterocycles. The minimum absolute atomic E-state index is 0.169. The van der Waals surface area contributed by atoms with E-state index in [1.54, 1.807) is 6.33 Å². The molecule has 0 saturated carbocycles. The van der Waals surface area contributed by atoms with Gasteiger partial charge in [0.05, 0.1) is 0 Å². The second-order valence-corrected chi connectivity index (χ2v) is 7.29. The Balaban J connectivity index is 1.88. The topological polar surface area (TPSA) is 73.4 Å². The maximum absolute atomic E-state index is 5.84. The Morgan fingerprint density at radius 1 is 1.13 bits per heavy atom. The average Bonchev–Trinajstić information content (AvgIpc) is 2.88. The summed E-state index contributed by atoms with van der Waals surface area (Å²) in [5, 5.41) is 0. The Hall–Kier alpha value is -2.43. The second-order valence-electron chi connectivity index (χ2n) is 7.29. The van der Waals surface area contributed by atoms with Crippen LogP contribution in [0.2, 0.25) is 0 Å². The van der Waals surface area contributed by atoms with Crippen LogP contribution in [-0.4, -0.2) is 22.6 Å². The molecule has 1 spiro atoms. The highest BCUT2D eigenvalue weighted by atomic mass is 16.5. The van der Waals surface area contributed by atoms with Crippen LogP contribution >= 0.6 is 0 Å². The Bertz CT molecular complexity index is 785. The number of hydrogen-bond donors (Lipinski definition) is 1. The number of aromatic nitrogens is 2. The Labute approximate surface area is 135 Å². The molecule has 23 heavy (non-hydrogen) atoms. The molecule has 5 heteroatoms. The summed E-state index contributed by atoms with van der Waals surface area (Å²) in [6.07, 6.45) is 7.17. The van der Waals surface area contributed by atoms with Gasteiger partial charge in [0.15, 0.2) is 0 Å². The zero-order valence-corrected chi connectivity index (χ0v) is 13.4. The lowest BCUT2D eigenvalue weighted by Gasteiger charge is -2.41. The van der Waals surface area contributed by atoms with Crippen LogP contribution in [0.25, 0.3) is 11.1 Å². The van der Waals surface area contributed by atoms with Gasteiger partial charge in [-0.25, -0.2) is 15.0 Å². The normalized spacial score (nSPS) is 24.9. The first kappa shape index (κ1) is 14.2. The van der Waals surface area contributed by atoms with E-state index in [0.717, 1.165) is 24.0 Å². The van der Waals surface area contributed by atoms with E-state index in [1.807, 2.05) is 12.4 Å². The van der Waals surface area contributed by atoms with Crippen LogP contribution in [-0.2, 0) is 16.7 Å². The van der Waals surface area contributed by atoms with Crippen molar-refractivity contribution in [2.24, 2.45) is 16.1 Å². The van der Waals surface area contributed by atoms with E-state index in [0.29, 0.717) is 12.6 Å². The van der Waals surface area contributed by atoms with Gasteiger partial charge >= 0.3 is 0 Å². The number of nitrogens with two attached hydrogens (primary N) is 1. The molecule has 1 aliphatic heterocycles. The molecule has 2 aliphatic rings. The highest BCUT2D eigenvalue weighted by Crippen LogP contribution is 2.49. The van der Waals surface area contributed by atoms with Crippen molar-refractivity contribution in [3.63, 3.8) is 0 Å². The van der Waals surface area contributed by atoms with Crippen LogP contribution in [0.3, 0.4) is 0 Å². The van der Waals surface area contributed by atoms with Crippen molar-refractivity contribution in [2.75, 3.05) is 6.61 Å². The standard InChI is InChI=1S/C18H20N4O/c1-17(2)6-13-4-3-12(14-7-20-11-21-8-14)5-15(13)18(9-17)10-23-16(19)22-18/h3-5,7-8,11H,6,9-10H2,1-2H3,(H2,19,22)/t18-/m1/s1. The molecule has 1 atom stereocenters. The van der Waals surface area contributed by atoms with E-state index in [1.165, 1.54) is 11.1 Å². The van der Waals surface area contributed by atoms with Crippen molar-refractivity contribution in [2.45, 2.75) is 32.2 Å². The van der Waals surface area contributed by atoms with Crippen LogP contribution in [0.15, 0.2) is 41.9 Å². The number of rotatable bonds is 1. The molecular weight excluding hydrogens is 288 g/mol. The molecule has 0 saturated heterocycles. The molecule has 118 valence electrons. The Kier molecular flexibility index (Phi) is 2.95. The maximum Gasteiger partial charge on any atom is 0.283 e. The predicted octanol–water partition coefficient (Wildman–Crippen LogP) is 2.66. The summed E-state index contributed by atoms with van der Waals surface area (Å²) in [5.74, 6) is 0. The highest BCUT2D eigenvalue weighted by molar-refractivity contribution is 5.75. The van der Waals surface area contributed by atoms with Gasteiger partial charge in [-0.1, -0.05) is 26.0 Å². The van der Waals surface area contributed by atoms with E-state index in [4.69, 9.17) is 15.5 Å². The molecule has 1 aromatic carbocycles. The number of benzene rings is 1. The lowest BCUT2D eigenvalue weighted by Crippen LogP contribution is -2.39. The lowest BCUT2D eigenvalue weighted by molar-refractivity contribution is 0.163. The second kappa shape index (κ2) is 4.78. The third-order valence-electron chi connectivity index (χ3n) is 4.73. The van der Waals surface area contributed by atoms with Crippen molar-refractivity contribution in [3.8, 4) is 11.1 Å². The van der Waals surface area contributed by atoms with Gasteiger partial charge in [0.2, 0.25) is 0 Å². The van der Waals surface area contributed by atoms with E-state index >= 15 is 0 Å². The van der Waals surface area contributed by atoms with Gasteiger partial charge in [0, 0.05) is 18.0 Å². The number of aliphatic imine (C=N–C) groups is 1. The van der Waals surface area contributed by atoms with Crippen molar-refractivity contribution in [1.82, 2.24) is 9.97 Å². The summed E-state index contributed by atoms with van der Waals surface area (Å²) in [5.41, 5.74) is 10.3. The molecule has 4 rings (SSSR count). The molecule has 0 bridgehead atoms. The monoisotopic (exact) mass is 308 g/mol. The van der Waals surface area contributed by atoms with Gasteiger partial charge in [-0.2, -0.15) is 0 Å². The summed E-state index contributed by atoms with van der Waals surface area (Å²) >= 11 is 0. The molecule has 2 heterocycles. The predicted molar refractivity (Wildman–Crippen MR) is 88.8 cm³/mol. The molecule has 0 amide bonds. The van der Waals surface area contributed by atoms with Crippen molar-refractivity contribution < 1.29 is 4.74 Å². The van der Waals surface area contributed by atoms with Crippen LogP contribution in [0.1, 0.15) is 31.4 Å². The molecule has 5 nitrogen and oxygen atoms in total. The zero-order valence-electron chi connectivity index (χ0n) is 13.4. The van der Waals surface area contributed by atoms with Gasteiger partial charge in [0.25, 0.3) is 6.02 Å². The van der Waals surface area contributed by atoms with Gasteiger partial charge in [-0.05, 0) is 41.0 Å². The summed E-state index contributed by atoms with van der Waals surface area (Å²) in [6.45, 7) is 5.07. The highest BCUT2D eigenvalue weighted by Gasteiger charge is 2.47. The molecule has 0 fully saturated rings. The number of fused-ring (bicyclic) bond motifs is 2. The van der Waals surface area contributed by atoms with Gasteiger partial charge < -0.3 is 10.5 Å². The summed E-state index contributed by atoms with van der Waals surface area (Å²) in [7, 11) is 0. The van der Waals surface area contributed by atoms with Crippen LogP contribution < -0.4 is 5.73 Å². The van der Waals surface area contributed by atoms with Crippen molar-refractivity contribution >= 4 is 6.02 Å². The largest absolute Gasteiger partial charge is 0.462 e. The van der Waals surface area contributed by atoms with Crippen LogP contribution in [0, 0.1) is 5.41 Å². The van der Waals surface area contributed by atoms with Crippen molar-refractivity contribution in [1.29, 1.82) is 0 Å². The first-order valence-corrected chi connectivity index (χ1v) is 7.84. The summed E-state index contributed by atoms with van der Waals surface area (Å²) in [6, 6.07) is 6.83. The summed E-state index contributed by atoms with van der Waals surface area (Å²) in [4.78, 5) is 12.9. The third-order valence-corrected chi connectivity index (χ3v) is 4.73. The number of nitrogens with zero attached hydrogens (tertiary/aromatic N) is 3. The SMILES string of the molecule is CC1(C)Cc2ccc(-c3cncnc3)cc2[C@]2(COC(N)=N2)C1. The molecule has 1 aliphatic carbocycles. The Morgan fingerprint density at radius 3 is 2.61 bits per heavy atom. The summed E-state index contributed by atoms with van der Waals surface area (Å²) < 4.78 is 5.54. The van der Waals surface area contributed by atoms with Gasteiger partial charge in [-0.3, -0.25) is 0 Å². The third kappa shape index (κ3) is 2.36. The first-order valence-electron chi connectivity index (χ1n) is 7.84. The fourth-order valence-corrected chi connectivity index (χ4v) is 3.95. The van der Waals surface area contributed by atoms with Gasteiger partial charge in [-0.15, -0.1) is 0 Å². The van der Waals surface area contributed by atoms with Crippen LogP contribution in [0.5, 0.6) is 0 Å². The molecule has 2 aromatic rings. The maximum atomic E-state index is 5.84. The Morgan fingerprint density at radius 2 is 1.91 bits per heavy atom. The fraction of sp³-hybridized carbons (Fsp3) is 0.389. The van der Waals surface area contributed by atoms with Crippen LogP contribution in [0.4, 0.5) is 0 Å². The van der Waals surface area contributed by atoms with E-state index in [2.05, 4.69) is 42.0 Å². The average molecular weight is 308 g/mol. The van der Waals surface area contributed by atoms with E-state index < -0.39 is 0 Å². The minimum Gasteiger partial charge on any atom is -0.462 e. The lowest BCUT2D eigenvalue weighted by atomic mass is 9.65. The zero-order chi connectivity index (χ0) is 16.1. The number of ether oxygens (including phenoxy) is 1.